The Morgan fingerprint density at radius 1 is 0.595 bits per heavy atom. The second kappa shape index (κ2) is 42.2. The number of nitrogens with one attached hydrogen (secondary N) is 1. The summed E-state index contributed by atoms with van der Waals surface area (Å²) in [6.45, 7) is 10.7. The van der Waals surface area contributed by atoms with Crippen LogP contribution >= 0.6 is 0 Å². The number of hydrogen-bond donors (Lipinski definition) is 12. The first kappa shape index (κ1) is 74.6. The molecular weight excluding hydrogens is 1100 g/mol. The van der Waals surface area contributed by atoms with Crippen molar-refractivity contribution in [3.8, 4) is 0 Å². The van der Waals surface area contributed by atoms with E-state index in [9.17, 15) is 60.7 Å². The van der Waals surface area contributed by atoms with Gasteiger partial charge in [0.05, 0.1) is 158 Å². The highest BCUT2D eigenvalue weighted by atomic mass is 16.7. The second-order valence-electron chi connectivity index (χ2n) is 21.6. The van der Waals surface area contributed by atoms with Gasteiger partial charge in [-0.2, -0.15) is 0 Å². The molecule has 0 radical (unpaired) electrons. The molecular formula is C60H100N2O22. The zero-order chi connectivity index (χ0) is 61.9. The average Bonchev–Trinajstić information content (AvgIpc) is 2.87. The summed E-state index contributed by atoms with van der Waals surface area (Å²) in [5.74, 6) is -5.83. The number of cyclic esters (lactones) is 1. The van der Waals surface area contributed by atoms with E-state index in [1.165, 1.54) is 0 Å². The van der Waals surface area contributed by atoms with Crippen LogP contribution in [0.1, 0.15) is 79.1 Å². The van der Waals surface area contributed by atoms with Crippen molar-refractivity contribution in [2.45, 2.75) is 177 Å². The number of hydrogen-bond acceptors (Lipinski definition) is 23. The molecule has 0 aromatic rings. The van der Waals surface area contributed by atoms with E-state index in [0.717, 1.165) is 0 Å². The van der Waals surface area contributed by atoms with Gasteiger partial charge in [-0.15, -0.1) is 0 Å². The van der Waals surface area contributed by atoms with E-state index >= 15 is 0 Å². The lowest BCUT2D eigenvalue weighted by atomic mass is 9.82. The summed E-state index contributed by atoms with van der Waals surface area (Å²) < 4.78 is 56.3. The molecule has 24 heteroatoms. The Hall–Kier alpha value is -3.68. The highest BCUT2D eigenvalue weighted by Crippen LogP contribution is 2.38. The zero-order valence-corrected chi connectivity index (χ0v) is 49.6. The Labute approximate surface area is 495 Å². The van der Waals surface area contributed by atoms with Crippen LogP contribution in [0, 0.1) is 17.8 Å². The summed E-state index contributed by atoms with van der Waals surface area (Å²) in [6.07, 6.45) is 4.00. The fourth-order valence-corrected chi connectivity index (χ4v) is 9.48. The van der Waals surface area contributed by atoms with Crippen molar-refractivity contribution in [3.63, 3.8) is 0 Å². The third kappa shape index (κ3) is 29.8. The minimum Gasteiger partial charge on any atom is -0.462 e. The van der Waals surface area contributed by atoms with E-state index in [2.05, 4.69) is 5.32 Å². The van der Waals surface area contributed by atoms with Gasteiger partial charge in [0.25, 0.3) is 0 Å². The summed E-state index contributed by atoms with van der Waals surface area (Å²) >= 11 is 0. The molecule has 24 nitrogen and oxygen atoms in total. The maximum Gasteiger partial charge on any atom is 0.308 e. The molecule has 13 N–H and O–H groups in total. The molecule has 19 atom stereocenters. The molecule has 0 spiro atoms. The number of nitrogens with two attached hydrogens (primary N) is 1. The van der Waals surface area contributed by atoms with Gasteiger partial charge in [0.1, 0.15) is 12.2 Å². The van der Waals surface area contributed by atoms with E-state index in [-0.39, 0.29) is 58.0 Å². The normalized spacial score (nSPS) is 37.9. The minimum atomic E-state index is -2.32. The molecule has 482 valence electrons. The van der Waals surface area contributed by atoms with Gasteiger partial charge in [-0.25, -0.2) is 0 Å². The number of aliphatic hydroxyl groups is 10. The summed E-state index contributed by atoms with van der Waals surface area (Å²) in [6, 6.07) is -1.16. The van der Waals surface area contributed by atoms with Crippen LogP contribution in [-0.4, -0.2) is 247 Å². The molecule has 0 unspecified atom stereocenters. The Morgan fingerprint density at radius 3 is 1.68 bits per heavy atom. The highest BCUT2D eigenvalue weighted by molar-refractivity contribution is 5.80. The smallest absolute Gasteiger partial charge is 0.308 e. The zero-order valence-electron chi connectivity index (χ0n) is 49.6. The molecule has 1 amide bonds. The summed E-state index contributed by atoms with van der Waals surface area (Å²) in [4.78, 5) is 26.8. The first-order chi connectivity index (χ1) is 40.2. The lowest BCUT2D eigenvalue weighted by Gasteiger charge is -2.46. The van der Waals surface area contributed by atoms with Gasteiger partial charge < -0.3 is 109 Å². The van der Waals surface area contributed by atoms with E-state index < -0.39 is 147 Å². The van der Waals surface area contributed by atoms with Crippen LogP contribution in [0.25, 0.3) is 0 Å². The Kier molecular flexibility index (Phi) is 37.5. The van der Waals surface area contributed by atoms with Crippen LogP contribution < -0.4 is 11.1 Å². The maximum atomic E-state index is 14.1. The predicted molar refractivity (Wildman–Crippen MR) is 308 cm³/mol. The first-order valence-corrected chi connectivity index (χ1v) is 29.3. The third-order valence-electron chi connectivity index (χ3n) is 14.5. The number of esters is 1. The number of carbonyl (C=O) groups is 2. The molecule has 2 bridgehead atoms. The molecule has 84 heavy (non-hydrogen) atoms. The highest BCUT2D eigenvalue weighted by Gasteiger charge is 2.51. The van der Waals surface area contributed by atoms with Crippen LogP contribution in [0.15, 0.2) is 85.1 Å². The van der Waals surface area contributed by atoms with Crippen LogP contribution in [-0.2, 0) is 57.0 Å². The van der Waals surface area contributed by atoms with E-state index in [0.29, 0.717) is 52.9 Å². The fraction of sp³-hybridized carbons (Fsp3) is 0.733. The van der Waals surface area contributed by atoms with Gasteiger partial charge in [0, 0.05) is 51.2 Å². The number of allylic oxidation sites excluding steroid dienone is 12. The van der Waals surface area contributed by atoms with Crippen LogP contribution in [0.3, 0.4) is 0 Å². The number of rotatable bonds is 21. The maximum absolute atomic E-state index is 14.1. The number of aliphatic hydroxyl groups excluding tert-OH is 9. The Balaban J connectivity index is 1.80. The van der Waals surface area contributed by atoms with Crippen molar-refractivity contribution in [2.75, 3.05) is 86.3 Å². The number of methoxy groups -OCH3 is 1. The Bertz CT molecular complexity index is 2010. The fourth-order valence-electron chi connectivity index (χ4n) is 9.48. The number of fused-ring (bicyclic) bond motifs is 2. The topological polar surface area (TPSA) is 367 Å². The van der Waals surface area contributed by atoms with Crippen molar-refractivity contribution >= 4 is 11.9 Å². The van der Waals surface area contributed by atoms with Crippen molar-refractivity contribution in [1.29, 1.82) is 0 Å². The average molecular weight is 1200 g/mol. The standard InChI is InChI=1S/C60H100N2O22/c1-40-18-16-14-12-10-8-6-7-9-11-13-15-17-19-47(83-59-57(72)54(61)56(71)43(4)82-59)37-51-53(58(73)62-22-23-76-26-27-78-30-31-80-33-32-79-29-28-77-25-24-75-5)50(68)39-60(74,84-51)38-46(65)35-49(67)48(66)21-20-44(63)34-45(64)36-52(69)81-42(3)41(2)55(40)70/h6-19,40-51,53-57,59,63-68,70-72,74H,20-39,61H2,1-5H3,(H,62,73)/b7-6+,10-8+,11-9+,14-12+,15-13+,18-16+,19-17+/t40-,41-,42-,43+,44+,45+,46-,47-,48+,49+,50-,51-,53+,54-,55+,56+,57-,59-,60+/m0/s1. The van der Waals surface area contributed by atoms with Crippen molar-refractivity contribution in [3.05, 3.63) is 85.1 Å². The molecule has 0 aromatic heterocycles. The minimum absolute atomic E-state index is 0.00773. The van der Waals surface area contributed by atoms with Gasteiger partial charge >= 0.3 is 5.97 Å². The van der Waals surface area contributed by atoms with Crippen molar-refractivity contribution in [1.82, 2.24) is 5.32 Å². The quantitative estimate of drug-likeness (QED) is 0.0549. The summed E-state index contributed by atoms with van der Waals surface area (Å²) in [5, 5.41) is 114. The van der Waals surface area contributed by atoms with Crippen LogP contribution in [0.2, 0.25) is 0 Å². The van der Waals surface area contributed by atoms with Crippen molar-refractivity contribution in [2.24, 2.45) is 23.5 Å². The number of amides is 1. The van der Waals surface area contributed by atoms with Crippen LogP contribution in [0.5, 0.6) is 0 Å². The molecule has 3 rings (SSSR count). The van der Waals surface area contributed by atoms with Gasteiger partial charge in [0.15, 0.2) is 12.1 Å². The largest absolute Gasteiger partial charge is 0.462 e. The second-order valence-corrected chi connectivity index (χ2v) is 21.6. The van der Waals surface area contributed by atoms with Crippen LogP contribution in [0.4, 0.5) is 0 Å². The van der Waals surface area contributed by atoms with Crippen molar-refractivity contribution < 1.29 is 108 Å². The van der Waals surface area contributed by atoms with E-state index in [1.807, 2.05) is 37.3 Å². The monoisotopic (exact) mass is 1200 g/mol. The summed E-state index contributed by atoms with van der Waals surface area (Å²) in [7, 11) is 1.60. The molecule has 3 heterocycles. The number of ether oxygens (including phenoxy) is 10. The molecule has 3 aliphatic rings. The van der Waals surface area contributed by atoms with Gasteiger partial charge in [-0.05, 0) is 33.1 Å². The summed E-state index contributed by atoms with van der Waals surface area (Å²) in [5.41, 5.74) is 6.15. The van der Waals surface area contributed by atoms with Gasteiger partial charge in [-0.3, -0.25) is 9.59 Å². The third-order valence-corrected chi connectivity index (χ3v) is 14.5. The van der Waals surface area contributed by atoms with Gasteiger partial charge in [0.2, 0.25) is 5.91 Å². The van der Waals surface area contributed by atoms with Gasteiger partial charge in [-0.1, -0.05) is 98.9 Å². The molecule has 0 aromatic carbocycles. The predicted octanol–water partition coefficient (Wildman–Crippen LogP) is 0.473. The molecule has 2 saturated heterocycles. The molecule has 0 saturated carbocycles. The first-order valence-electron chi connectivity index (χ1n) is 29.3. The lowest BCUT2D eigenvalue weighted by molar-refractivity contribution is -0.307. The van der Waals surface area contributed by atoms with E-state index in [4.69, 9.17) is 53.1 Å². The molecule has 0 aliphatic carbocycles. The Morgan fingerprint density at radius 2 is 1.12 bits per heavy atom. The SMILES string of the molecule is COCCOCCOCCOCCOCCOCCNC(=O)[C@H]1[C@@H]2C[C@@H](O[C@@H]3O[C@H](C)[C@@H](O)[C@H](N)[C@@H]3O)/C=C/C=C/C=C/C=C/C=C/C=C/C=C/[C@H](C)[C@@H](O)[C@@H](C)[C@H](C)OC(=O)C[C@H](O)C[C@H](O)CC[C@@H](O)[C@H](O)C[C@H](O)C[C@](O)(C[C@@H]1O)O2. The van der Waals surface area contributed by atoms with E-state index in [1.54, 1.807) is 82.6 Å². The molecule has 3 aliphatic heterocycles. The lowest BCUT2D eigenvalue weighted by Crippen LogP contribution is -2.62. The molecule has 2 fully saturated rings. The number of carbonyl (C=O) groups excluding carboxylic acids is 2.